The predicted octanol–water partition coefficient (Wildman–Crippen LogP) is 3.11. The van der Waals surface area contributed by atoms with E-state index in [2.05, 4.69) is 10.6 Å². The monoisotopic (exact) mass is 320 g/mol. The van der Waals surface area contributed by atoms with Crippen LogP contribution in [0.4, 0.5) is 5.69 Å². The zero-order valence-electron chi connectivity index (χ0n) is 9.80. The lowest BCUT2D eigenvalue weighted by Gasteiger charge is -2.22. The first-order chi connectivity index (χ1) is 8.97. The molecule has 4 nitrogen and oxygen atoms in total. The topological polar surface area (TPSA) is 58.2 Å². The molecule has 0 aromatic heterocycles. The standard InChI is InChI=1S/C12H11Cl3N2O2/c13-7-3-9(15)10(4-8(7)14)17-12(19)6-1-2-11(18)16-5-6/h3-4,6H,1-2,5H2,(H,16,18)(H,17,19). The average Bonchev–Trinajstić information content (AvgIpc) is 2.36. The molecule has 1 aliphatic heterocycles. The molecule has 19 heavy (non-hydrogen) atoms. The molecule has 1 atom stereocenters. The van der Waals surface area contributed by atoms with Crippen LogP contribution in [0.1, 0.15) is 12.8 Å². The van der Waals surface area contributed by atoms with Crippen LogP contribution in [-0.4, -0.2) is 18.4 Å². The summed E-state index contributed by atoms with van der Waals surface area (Å²) in [6, 6.07) is 2.98. The highest BCUT2D eigenvalue weighted by Crippen LogP contribution is 2.32. The Labute approximate surface area is 125 Å². The Morgan fingerprint density at radius 3 is 2.53 bits per heavy atom. The molecule has 102 valence electrons. The van der Waals surface area contributed by atoms with E-state index in [1.807, 2.05) is 0 Å². The van der Waals surface area contributed by atoms with Crippen LogP contribution in [0, 0.1) is 5.92 Å². The van der Waals surface area contributed by atoms with Crippen molar-refractivity contribution >= 4 is 52.3 Å². The van der Waals surface area contributed by atoms with Crippen molar-refractivity contribution in [1.82, 2.24) is 5.32 Å². The van der Waals surface area contributed by atoms with Crippen molar-refractivity contribution in [1.29, 1.82) is 0 Å². The van der Waals surface area contributed by atoms with Crippen LogP contribution in [-0.2, 0) is 9.59 Å². The summed E-state index contributed by atoms with van der Waals surface area (Å²) in [6.07, 6.45) is 0.879. The van der Waals surface area contributed by atoms with Crippen LogP contribution in [0.3, 0.4) is 0 Å². The number of rotatable bonds is 2. The smallest absolute Gasteiger partial charge is 0.229 e. The van der Waals surface area contributed by atoms with E-state index in [0.717, 1.165) is 0 Å². The number of carbonyl (C=O) groups excluding carboxylic acids is 2. The van der Waals surface area contributed by atoms with Crippen molar-refractivity contribution in [2.75, 3.05) is 11.9 Å². The van der Waals surface area contributed by atoms with Crippen molar-refractivity contribution in [2.45, 2.75) is 12.8 Å². The number of halogens is 3. The van der Waals surface area contributed by atoms with E-state index in [0.29, 0.717) is 40.1 Å². The van der Waals surface area contributed by atoms with Crippen LogP contribution in [0.15, 0.2) is 12.1 Å². The first-order valence-electron chi connectivity index (χ1n) is 5.69. The van der Waals surface area contributed by atoms with E-state index in [1.54, 1.807) is 0 Å². The zero-order valence-corrected chi connectivity index (χ0v) is 12.1. The molecule has 1 heterocycles. The molecule has 2 amide bonds. The second-order valence-electron chi connectivity index (χ2n) is 4.28. The number of anilines is 1. The van der Waals surface area contributed by atoms with Crippen LogP contribution >= 0.6 is 34.8 Å². The van der Waals surface area contributed by atoms with Crippen molar-refractivity contribution in [2.24, 2.45) is 5.92 Å². The van der Waals surface area contributed by atoms with Gasteiger partial charge in [0.15, 0.2) is 0 Å². The highest BCUT2D eigenvalue weighted by molar-refractivity contribution is 6.44. The van der Waals surface area contributed by atoms with Crippen LogP contribution in [0.25, 0.3) is 0 Å². The van der Waals surface area contributed by atoms with Gasteiger partial charge in [-0.05, 0) is 18.6 Å². The molecule has 2 N–H and O–H groups in total. The minimum Gasteiger partial charge on any atom is -0.355 e. The Morgan fingerprint density at radius 2 is 1.89 bits per heavy atom. The largest absolute Gasteiger partial charge is 0.355 e. The van der Waals surface area contributed by atoms with Gasteiger partial charge >= 0.3 is 0 Å². The van der Waals surface area contributed by atoms with Gasteiger partial charge in [0.25, 0.3) is 0 Å². The highest BCUT2D eigenvalue weighted by atomic mass is 35.5. The predicted molar refractivity (Wildman–Crippen MR) is 75.8 cm³/mol. The van der Waals surface area contributed by atoms with Crippen LogP contribution in [0.2, 0.25) is 15.1 Å². The van der Waals surface area contributed by atoms with Gasteiger partial charge in [-0.3, -0.25) is 9.59 Å². The third-order valence-electron chi connectivity index (χ3n) is 2.90. The van der Waals surface area contributed by atoms with E-state index >= 15 is 0 Å². The number of amides is 2. The van der Waals surface area contributed by atoms with Gasteiger partial charge in [-0.25, -0.2) is 0 Å². The number of benzene rings is 1. The lowest BCUT2D eigenvalue weighted by atomic mass is 9.98. The SMILES string of the molecule is O=C1CCC(C(=O)Nc2cc(Cl)c(Cl)cc2Cl)CN1. The molecular weight excluding hydrogens is 311 g/mol. The third-order valence-corrected chi connectivity index (χ3v) is 3.94. The maximum Gasteiger partial charge on any atom is 0.229 e. The Morgan fingerprint density at radius 1 is 1.21 bits per heavy atom. The second-order valence-corrected chi connectivity index (χ2v) is 5.50. The van der Waals surface area contributed by atoms with Gasteiger partial charge in [-0.1, -0.05) is 34.8 Å². The van der Waals surface area contributed by atoms with Crippen LogP contribution in [0.5, 0.6) is 0 Å². The summed E-state index contributed by atoms with van der Waals surface area (Å²) in [5, 5.41) is 6.32. The van der Waals surface area contributed by atoms with Crippen LogP contribution < -0.4 is 10.6 Å². The Balaban J connectivity index is 2.07. The molecule has 0 aliphatic carbocycles. The van der Waals surface area contributed by atoms with E-state index in [4.69, 9.17) is 34.8 Å². The molecular formula is C12H11Cl3N2O2. The minimum atomic E-state index is -0.261. The maximum atomic E-state index is 12.0. The van der Waals surface area contributed by atoms with Gasteiger partial charge in [0, 0.05) is 13.0 Å². The molecule has 1 aliphatic rings. The van der Waals surface area contributed by atoms with Gasteiger partial charge in [0.2, 0.25) is 11.8 Å². The van der Waals surface area contributed by atoms with Gasteiger partial charge in [0.1, 0.15) is 0 Å². The fraction of sp³-hybridized carbons (Fsp3) is 0.333. The molecule has 1 aromatic carbocycles. The summed E-state index contributed by atoms with van der Waals surface area (Å²) in [4.78, 5) is 23.1. The summed E-state index contributed by atoms with van der Waals surface area (Å²) in [5.41, 5.74) is 0.415. The molecule has 0 saturated carbocycles. The molecule has 1 saturated heterocycles. The summed E-state index contributed by atoms with van der Waals surface area (Å²) >= 11 is 17.7. The fourth-order valence-corrected chi connectivity index (χ4v) is 2.40. The Kier molecular flexibility index (Phi) is 4.55. The van der Waals surface area contributed by atoms with E-state index in [9.17, 15) is 9.59 Å². The maximum absolute atomic E-state index is 12.0. The molecule has 2 rings (SSSR count). The summed E-state index contributed by atoms with van der Waals surface area (Å²) < 4.78 is 0. The summed E-state index contributed by atoms with van der Waals surface area (Å²) in [5.74, 6) is -0.486. The van der Waals surface area contributed by atoms with Crippen molar-refractivity contribution in [3.63, 3.8) is 0 Å². The van der Waals surface area contributed by atoms with Gasteiger partial charge in [0.05, 0.1) is 26.7 Å². The normalized spacial score (nSPS) is 18.9. The van der Waals surface area contributed by atoms with Gasteiger partial charge in [-0.15, -0.1) is 0 Å². The average molecular weight is 322 g/mol. The minimum absolute atomic E-state index is 0.0309. The van der Waals surface area contributed by atoms with Gasteiger partial charge < -0.3 is 10.6 Å². The van der Waals surface area contributed by atoms with Crippen molar-refractivity contribution in [3.8, 4) is 0 Å². The molecule has 1 aromatic rings. The molecule has 1 unspecified atom stereocenters. The molecule has 0 bridgehead atoms. The fourth-order valence-electron chi connectivity index (χ4n) is 1.81. The number of hydrogen-bond donors (Lipinski definition) is 2. The molecule has 0 spiro atoms. The Bertz CT molecular complexity index is 524. The van der Waals surface area contributed by atoms with Gasteiger partial charge in [-0.2, -0.15) is 0 Å². The molecule has 0 radical (unpaired) electrons. The number of piperidine rings is 1. The molecule has 7 heteroatoms. The first kappa shape index (κ1) is 14.4. The molecule has 1 fully saturated rings. The van der Waals surface area contributed by atoms with Crippen molar-refractivity contribution in [3.05, 3.63) is 27.2 Å². The Hall–Kier alpha value is -0.970. The third kappa shape index (κ3) is 3.53. The zero-order chi connectivity index (χ0) is 14.0. The lowest BCUT2D eigenvalue weighted by Crippen LogP contribution is -2.40. The lowest BCUT2D eigenvalue weighted by molar-refractivity contribution is -0.126. The number of nitrogens with one attached hydrogen (secondary N) is 2. The van der Waals surface area contributed by atoms with E-state index in [1.165, 1.54) is 12.1 Å². The first-order valence-corrected chi connectivity index (χ1v) is 6.83. The number of hydrogen-bond acceptors (Lipinski definition) is 2. The van der Waals surface area contributed by atoms with E-state index in [-0.39, 0.29) is 17.7 Å². The second kappa shape index (κ2) is 5.99. The van der Waals surface area contributed by atoms with E-state index < -0.39 is 0 Å². The summed E-state index contributed by atoms with van der Waals surface area (Å²) in [6.45, 7) is 0.337. The summed E-state index contributed by atoms with van der Waals surface area (Å²) in [7, 11) is 0. The quantitative estimate of drug-likeness (QED) is 0.822. The highest BCUT2D eigenvalue weighted by Gasteiger charge is 2.25. The van der Waals surface area contributed by atoms with Crippen molar-refractivity contribution < 1.29 is 9.59 Å². The number of carbonyl (C=O) groups is 2.